The minimum atomic E-state index is -0.307. The Morgan fingerprint density at radius 1 is 1.35 bits per heavy atom. The number of carbonyl (C=O) groups is 1. The van der Waals surface area contributed by atoms with Crippen molar-refractivity contribution in [2.45, 2.75) is 13.3 Å². The molecule has 3 nitrogen and oxygen atoms in total. The van der Waals surface area contributed by atoms with Crippen LogP contribution >= 0.6 is 12.4 Å². The number of hydrogen-bond acceptors (Lipinski definition) is 2. The largest absolute Gasteiger partial charge is 0.355 e. The van der Waals surface area contributed by atoms with Crippen LogP contribution in [0, 0.1) is 5.82 Å². The molecule has 1 aromatic rings. The lowest BCUT2D eigenvalue weighted by Crippen LogP contribution is -2.32. The Kier molecular flexibility index (Phi) is 8.36. The molecular weight excluding hydrogens is 243 g/mol. The van der Waals surface area contributed by atoms with Crippen LogP contribution in [0.15, 0.2) is 24.3 Å². The summed E-state index contributed by atoms with van der Waals surface area (Å²) in [5.41, 5.74) is 0.695. The maximum Gasteiger partial charge on any atom is 0.224 e. The number of nitrogens with one attached hydrogen (secondary N) is 2. The number of rotatable bonds is 6. The predicted molar refractivity (Wildman–Crippen MR) is 68.9 cm³/mol. The molecule has 0 saturated heterocycles. The van der Waals surface area contributed by atoms with E-state index >= 15 is 0 Å². The maximum atomic E-state index is 12.8. The van der Waals surface area contributed by atoms with Crippen LogP contribution in [-0.4, -0.2) is 25.5 Å². The first kappa shape index (κ1) is 15.9. The van der Waals surface area contributed by atoms with Crippen molar-refractivity contribution in [2.24, 2.45) is 0 Å². The van der Waals surface area contributed by atoms with E-state index in [9.17, 15) is 9.18 Å². The Hall–Kier alpha value is -1.13. The van der Waals surface area contributed by atoms with Gasteiger partial charge in [0.05, 0.1) is 6.42 Å². The molecule has 1 amide bonds. The van der Waals surface area contributed by atoms with E-state index in [4.69, 9.17) is 0 Å². The van der Waals surface area contributed by atoms with Gasteiger partial charge in [0, 0.05) is 13.1 Å². The molecule has 96 valence electrons. The van der Waals surface area contributed by atoms with Gasteiger partial charge in [0.2, 0.25) is 5.91 Å². The van der Waals surface area contributed by atoms with Crippen LogP contribution in [0.4, 0.5) is 4.39 Å². The van der Waals surface area contributed by atoms with Gasteiger partial charge in [-0.05, 0) is 24.2 Å². The minimum Gasteiger partial charge on any atom is -0.355 e. The van der Waals surface area contributed by atoms with Gasteiger partial charge in [-0.1, -0.05) is 19.1 Å². The number of hydrogen-bond donors (Lipinski definition) is 2. The molecule has 17 heavy (non-hydrogen) atoms. The Morgan fingerprint density at radius 3 is 2.76 bits per heavy atom. The summed E-state index contributed by atoms with van der Waals surface area (Å²) in [6.07, 6.45) is 0.226. The molecule has 0 aliphatic heterocycles. The van der Waals surface area contributed by atoms with Gasteiger partial charge in [0.1, 0.15) is 5.82 Å². The van der Waals surface area contributed by atoms with Crippen molar-refractivity contribution in [1.82, 2.24) is 10.6 Å². The van der Waals surface area contributed by atoms with E-state index in [2.05, 4.69) is 10.6 Å². The second-order valence-electron chi connectivity index (χ2n) is 3.51. The van der Waals surface area contributed by atoms with Crippen LogP contribution in [0.5, 0.6) is 0 Å². The minimum absolute atomic E-state index is 0. The van der Waals surface area contributed by atoms with Crippen LogP contribution in [0.3, 0.4) is 0 Å². The molecule has 0 fully saturated rings. The molecule has 0 spiro atoms. The molecular formula is C12H18ClFN2O. The zero-order valence-corrected chi connectivity index (χ0v) is 10.6. The topological polar surface area (TPSA) is 41.1 Å². The fourth-order valence-corrected chi connectivity index (χ4v) is 1.36. The summed E-state index contributed by atoms with van der Waals surface area (Å²) in [5, 5.41) is 5.86. The number of likely N-dealkylation sites (N-methyl/N-ethyl adjacent to an activating group) is 1. The first-order valence-corrected chi connectivity index (χ1v) is 5.44. The van der Waals surface area contributed by atoms with E-state index in [1.54, 1.807) is 12.1 Å². The van der Waals surface area contributed by atoms with Crippen molar-refractivity contribution >= 4 is 18.3 Å². The molecule has 1 aromatic carbocycles. The highest BCUT2D eigenvalue weighted by Crippen LogP contribution is 2.03. The second-order valence-corrected chi connectivity index (χ2v) is 3.51. The summed E-state index contributed by atoms with van der Waals surface area (Å²) in [5.74, 6) is -0.388. The SMILES string of the molecule is CCNCCNC(=O)Cc1cccc(F)c1.Cl. The van der Waals surface area contributed by atoms with E-state index in [-0.39, 0.29) is 30.6 Å². The van der Waals surface area contributed by atoms with E-state index < -0.39 is 0 Å². The average Bonchev–Trinajstić information content (AvgIpc) is 2.24. The van der Waals surface area contributed by atoms with Crippen molar-refractivity contribution in [2.75, 3.05) is 19.6 Å². The van der Waals surface area contributed by atoms with Crippen LogP contribution in [-0.2, 0) is 11.2 Å². The van der Waals surface area contributed by atoms with Crippen molar-refractivity contribution in [3.05, 3.63) is 35.6 Å². The molecule has 2 N–H and O–H groups in total. The zero-order chi connectivity index (χ0) is 11.8. The summed E-state index contributed by atoms with van der Waals surface area (Å²) in [6, 6.07) is 6.10. The van der Waals surface area contributed by atoms with Gasteiger partial charge >= 0.3 is 0 Å². The van der Waals surface area contributed by atoms with E-state index in [1.165, 1.54) is 12.1 Å². The smallest absolute Gasteiger partial charge is 0.224 e. The summed E-state index contributed by atoms with van der Waals surface area (Å²) in [7, 11) is 0. The third kappa shape index (κ3) is 6.92. The first-order valence-electron chi connectivity index (χ1n) is 5.44. The summed E-state index contributed by atoms with van der Waals surface area (Å²) >= 11 is 0. The quantitative estimate of drug-likeness (QED) is 0.762. The fourth-order valence-electron chi connectivity index (χ4n) is 1.36. The summed E-state index contributed by atoms with van der Waals surface area (Å²) < 4.78 is 12.8. The van der Waals surface area contributed by atoms with Gasteiger partial charge in [-0.25, -0.2) is 4.39 Å². The van der Waals surface area contributed by atoms with Gasteiger partial charge in [-0.2, -0.15) is 0 Å². The number of carbonyl (C=O) groups excluding carboxylic acids is 1. The van der Waals surface area contributed by atoms with Crippen molar-refractivity contribution in [3.8, 4) is 0 Å². The standard InChI is InChI=1S/C12H17FN2O.ClH/c1-2-14-6-7-15-12(16)9-10-4-3-5-11(13)8-10;/h3-5,8,14H,2,6-7,9H2,1H3,(H,15,16);1H. The van der Waals surface area contributed by atoms with Crippen LogP contribution in [0.25, 0.3) is 0 Å². The number of benzene rings is 1. The number of amides is 1. The van der Waals surface area contributed by atoms with Crippen LogP contribution in [0.1, 0.15) is 12.5 Å². The molecule has 0 aliphatic rings. The molecule has 0 atom stereocenters. The van der Waals surface area contributed by atoms with Gasteiger partial charge in [0.15, 0.2) is 0 Å². The second kappa shape index (κ2) is 8.96. The highest BCUT2D eigenvalue weighted by atomic mass is 35.5. The predicted octanol–water partition coefficient (Wildman–Crippen LogP) is 1.52. The van der Waals surface area contributed by atoms with Crippen molar-refractivity contribution < 1.29 is 9.18 Å². The van der Waals surface area contributed by atoms with Gasteiger partial charge in [0.25, 0.3) is 0 Å². The maximum absolute atomic E-state index is 12.8. The molecule has 5 heteroatoms. The summed E-state index contributed by atoms with van der Waals surface area (Å²) in [4.78, 5) is 11.4. The molecule has 0 aromatic heterocycles. The van der Waals surface area contributed by atoms with Crippen LogP contribution in [0.2, 0.25) is 0 Å². The van der Waals surface area contributed by atoms with E-state index in [0.717, 1.165) is 13.1 Å². The van der Waals surface area contributed by atoms with Gasteiger partial charge < -0.3 is 10.6 Å². The summed E-state index contributed by atoms with van der Waals surface area (Å²) in [6.45, 7) is 4.25. The fraction of sp³-hybridized carbons (Fsp3) is 0.417. The molecule has 0 aliphatic carbocycles. The molecule has 0 heterocycles. The lowest BCUT2D eigenvalue weighted by molar-refractivity contribution is -0.120. The number of halogens is 2. The Labute approximate surface area is 107 Å². The Balaban J connectivity index is 0.00000256. The molecule has 0 radical (unpaired) electrons. The van der Waals surface area contributed by atoms with Gasteiger partial charge in [-0.15, -0.1) is 12.4 Å². The lowest BCUT2D eigenvalue weighted by atomic mass is 10.1. The molecule has 1 rings (SSSR count). The average molecular weight is 261 g/mol. The zero-order valence-electron chi connectivity index (χ0n) is 9.83. The monoisotopic (exact) mass is 260 g/mol. The molecule has 0 bridgehead atoms. The van der Waals surface area contributed by atoms with E-state index in [1.807, 2.05) is 6.92 Å². The van der Waals surface area contributed by atoms with Crippen molar-refractivity contribution in [1.29, 1.82) is 0 Å². The van der Waals surface area contributed by atoms with Crippen molar-refractivity contribution in [3.63, 3.8) is 0 Å². The lowest BCUT2D eigenvalue weighted by Gasteiger charge is -2.05. The third-order valence-electron chi connectivity index (χ3n) is 2.13. The highest BCUT2D eigenvalue weighted by molar-refractivity contribution is 5.85. The highest BCUT2D eigenvalue weighted by Gasteiger charge is 2.02. The van der Waals surface area contributed by atoms with Crippen LogP contribution < -0.4 is 10.6 Å². The first-order chi connectivity index (χ1) is 7.72. The Bertz CT molecular complexity index is 347. The van der Waals surface area contributed by atoms with E-state index in [0.29, 0.717) is 12.1 Å². The molecule has 0 saturated carbocycles. The normalized spacial score (nSPS) is 9.53. The Morgan fingerprint density at radius 2 is 2.12 bits per heavy atom. The van der Waals surface area contributed by atoms with Gasteiger partial charge in [-0.3, -0.25) is 4.79 Å². The third-order valence-corrected chi connectivity index (χ3v) is 2.13. The molecule has 0 unspecified atom stereocenters.